The number of carbonyl (C=O) groups excluding carboxylic acids is 2. The van der Waals surface area contributed by atoms with Gasteiger partial charge in [0, 0.05) is 48.3 Å². The molecule has 1 saturated heterocycles. The minimum Gasteiger partial charge on any atom is -0.339 e. The topological polar surface area (TPSA) is 40.6 Å². The van der Waals surface area contributed by atoms with E-state index in [4.69, 9.17) is 0 Å². The van der Waals surface area contributed by atoms with Crippen LogP contribution in [-0.2, 0) is 11.2 Å². The van der Waals surface area contributed by atoms with Crippen molar-refractivity contribution < 1.29 is 9.59 Å². The Hall–Kier alpha value is -2.27. The average Bonchev–Trinajstić information content (AvgIpc) is 2.74. The summed E-state index contributed by atoms with van der Waals surface area (Å²) in [5.41, 5.74) is 1.99. The third-order valence-electron chi connectivity index (χ3n) is 5.09. The van der Waals surface area contributed by atoms with Gasteiger partial charge in [0.1, 0.15) is 0 Å². The van der Waals surface area contributed by atoms with Crippen LogP contribution in [0.15, 0.2) is 59.5 Å². The van der Waals surface area contributed by atoms with Gasteiger partial charge in [-0.1, -0.05) is 44.2 Å². The summed E-state index contributed by atoms with van der Waals surface area (Å²) in [7, 11) is 0. The Balaban J connectivity index is 1.43. The summed E-state index contributed by atoms with van der Waals surface area (Å²) in [5, 5.41) is 0.523. The predicted molar refractivity (Wildman–Crippen MR) is 119 cm³/mol. The lowest BCUT2D eigenvalue weighted by Crippen LogP contribution is -2.50. The Morgan fingerprint density at radius 1 is 0.897 bits per heavy atom. The van der Waals surface area contributed by atoms with Gasteiger partial charge in [0.2, 0.25) is 5.91 Å². The molecule has 0 aromatic heterocycles. The molecule has 3 rings (SSSR count). The molecule has 1 fully saturated rings. The summed E-state index contributed by atoms with van der Waals surface area (Å²) >= 11 is 1.79. The molecule has 2 aromatic rings. The van der Waals surface area contributed by atoms with Crippen LogP contribution in [0, 0.1) is 0 Å². The van der Waals surface area contributed by atoms with Crippen molar-refractivity contribution >= 4 is 23.6 Å². The summed E-state index contributed by atoms with van der Waals surface area (Å²) in [6.07, 6.45) is 2.36. The zero-order valence-electron chi connectivity index (χ0n) is 17.3. The summed E-state index contributed by atoms with van der Waals surface area (Å²) in [6, 6.07) is 18.1. The molecule has 0 bridgehead atoms. The molecule has 0 radical (unpaired) electrons. The van der Waals surface area contributed by atoms with Crippen LogP contribution in [-0.4, -0.2) is 53.0 Å². The van der Waals surface area contributed by atoms with Crippen LogP contribution in [0.1, 0.15) is 42.6 Å². The highest BCUT2D eigenvalue weighted by atomic mass is 32.2. The fraction of sp³-hybridized carbons (Fsp3) is 0.417. The maximum atomic E-state index is 12.8. The van der Waals surface area contributed by atoms with Gasteiger partial charge in [-0.2, -0.15) is 0 Å². The van der Waals surface area contributed by atoms with Crippen molar-refractivity contribution in [3.05, 3.63) is 65.7 Å². The number of thioether (sulfide) groups is 1. The van der Waals surface area contributed by atoms with E-state index in [-0.39, 0.29) is 11.8 Å². The van der Waals surface area contributed by atoms with Crippen LogP contribution < -0.4 is 0 Å². The Bertz CT molecular complexity index is 797. The molecule has 0 unspecified atom stereocenters. The molecule has 0 aliphatic carbocycles. The number of carbonyl (C=O) groups is 2. The van der Waals surface area contributed by atoms with Gasteiger partial charge in [-0.25, -0.2) is 0 Å². The summed E-state index contributed by atoms with van der Waals surface area (Å²) < 4.78 is 0. The van der Waals surface area contributed by atoms with Gasteiger partial charge >= 0.3 is 0 Å². The van der Waals surface area contributed by atoms with Crippen LogP contribution in [0.3, 0.4) is 0 Å². The van der Waals surface area contributed by atoms with Crippen molar-refractivity contribution in [1.29, 1.82) is 0 Å². The smallest absolute Gasteiger partial charge is 0.253 e. The molecule has 1 heterocycles. The van der Waals surface area contributed by atoms with Crippen LogP contribution >= 0.6 is 11.8 Å². The number of piperazine rings is 1. The van der Waals surface area contributed by atoms with E-state index in [1.165, 1.54) is 10.5 Å². The van der Waals surface area contributed by atoms with Crippen LogP contribution in [0.2, 0.25) is 0 Å². The number of nitrogens with zero attached hydrogens (tertiary/aromatic N) is 2. The molecular weight excluding hydrogens is 380 g/mol. The standard InChI is InChI=1S/C24H30N2O2S/c1-19(2)29-22-13-11-21(12-14-22)24(28)26-17-15-25(16-18-26)23(27)10-6-9-20-7-4-3-5-8-20/h3-5,7-8,11-14,19H,6,9-10,15-18H2,1-2H3. The molecule has 0 spiro atoms. The van der Waals surface area contributed by atoms with Gasteiger partial charge in [0.25, 0.3) is 5.91 Å². The summed E-state index contributed by atoms with van der Waals surface area (Å²) in [4.78, 5) is 30.2. The van der Waals surface area contributed by atoms with E-state index in [2.05, 4.69) is 26.0 Å². The van der Waals surface area contributed by atoms with E-state index < -0.39 is 0 Å². The highest BCUT2D eigenvalue weighted by Crippen LogP contribution is 2.23. The monoisotopic (exact) mass is 410 g/mol. The van der Waals surface area contributed by atoms with E-state index in [1.54, 1.807) is 11.8 Å². The van der Waals surface area contributed by atoms with Gasteiger partial charge < -0.3 is 9.80 Å². The maximum absolute atomic E-state index is 12.8. The zero-order valence-corrected chi connectivity index (χ0v) is 18.2. The second-order valence-electron chi connectivity index (χ2n) is 7.70. The molecule has 1 aliphatic heterocycles. The number of benzene rings is 2. The molecule has 0 saturated carbocycles. The van der Waals surface area contributed by atoms with Crippen LogP contribution in [0.25, 0.3) is 0 Å². The lowest BCUT2D eigenvalue weighted by atomic mass is 10.1. The van der Waals surface area contributed by atoms with E-state index in [1.807, 2.05) is 52.3 Å². The highest BCUT2D eigenvalue weighted by molar-refractivity contribution is 7.99. The van der Waals surface area contributed by atoms with Gasteiger partial charge in [-0.15, -0.1) is 11.8 Å². The maximum Gasteiger partial charge on any atom is 0.253 e. The third-order valence-corrected chi connectivity index (χ3v) is 6.11. The normalized spacial score (nSPS) is 14.3. The van der Waals surface area contributed by atoms with Crippen molar-refractivity contribution in [2.45, 2.75) is 43.3 Å². The number of rotatable bonds is 7. The second-order valence-corrected chi connectivity index (χ2v) is 9.35. The highest BCUT2D eigenvalue weighted by Gasteiger charge is 2.24. The van der Waals surface area contributed by atoms with Crippen molar-refractivity contribution in [2.24, 2.45) is 0 Å². The molecule has 0 N–H and O–H groups in total. The molecule has 154 valence electrons. The first-order valence-electron chi connectivity index (χ1n) is 10.4. The lowest BCUT2D eigenvalue weighted by molar-refractivity contribution is -0.132. The third kappa shape index (κ3) is 6.36. The Kier molecular flexibility index (Phi) is 7.76. The number of hydrogen-bond donors (Lipinski definition) is 0. The van der Waals surface area contributed by atoms with Crippen LogP contribution in [0.4, 0.5) is 0 Å². The molecule has 2 amide bonds. The summed E-state index contributed by atoms with van der Waals surface area (Å²) in [5.74, 6) is 0.255. The Labute approximate surface area is 178 Å². The first kappa shape index (κ1) is 21.4. The van der Waals surface area contributed by atoms with E-state index in [0.29, 0.717) is 37.8 Å². The molecule has 1 aliphatic rings. The first-order chi connectivity index (χ1) is 14.0. The average molecular weight is 411 g/mol. The molecule has 4 nitrogen and oxygen atoms in total. The number of aryl methyl sites for hydroxylation is 1. The van der Waals surface area contributed by atoms with E-state index in [0.717, 1.165) is 18.4 Å². The van der Waals surface area contributed by atoms with Gasteiger partial charge in [0.05, 0.1) is 0 Å². The van der Waals surface area contributed by atoms with Crippen molar-refractivity contribution in [1.82, 2.24) is 9.80 Å². The quantitative estimate of drug-likeness (QED) is 0.631. The van der Waals surface area contributed by atoms with Crippen molar-refractivity contribution in [3.8, 4) is 0 Å². The summed E-state index contributed by atoms with van der Waals surface area (Å²) in [6.45, 7) is 6.77. The number of hydrogen-bond acceptors (Lipinski definition) is 3. The molecule has 2 aromatic carbocycles. The largest absolute Gasteiger partial charge is 0.339 e. The predicted octanol–water partition coefficient (Wildman–Crippen LogP) is 4.49. The van der Waals surface area contributed by atoms with E-state index in [9.17, 15) is 9.59 Å². The van der Waals surface area contributed by atoms with Crippen LogP contribution in [0.5, 0.6) is 0 Å². The lowest BCUT2D eigenvalue weighted by Gasteiger charge is -2.35. The van der Waals surface area contributed by atoms with Gasteiger partial charge in [0.15, 0.2) is 0 Å². The molecular formula is C24H30N2O2S. The Morgan fingerprint density at radius 3 is 2.14 bits per heavy atom. The van der Waals surface area contributed by atoms with E-state index >= 15 is 0 Å². The zero-order chi connectivity index (χ0) is 20.6. The first-order valence-corrected chi connectivity index (χ1v) is 11.3. The fourth-order valence-electron chi connectivity index (χ4n) is 3.54. The molecule has 5 heteroatoms. The molecule has 29 heavy (non-hydrogen) atoms. The molecule has 0 atom stereocenters. The SMILES string of the molecule is CC(C)Sc1ccc(C(=O)N2CCN(C(=O)CCCc3ccccc3)CC2)cc1. The van der Waals surface area contributed by atoms with Gasteiger partial charge in [-0.3, -0.25) is 9.59 Å². The second kappa shape index (κ2) is 10.5. The Morgan fingerprint density at radius 2 is 1.52 bits per heavy atom. The van der Waals surface area contributed by atoms with Gasteiger partial charge in [-0.05, 0) is 42.7 Å². The number of amides is 2. The fourth-order valence-corrected chi connectivity index (χ4v) is 4.37. The minimum atomic E-state index is 0.0577. The van der Waals surface area contributed by atoms with Crippen molar-refractivity contribution in [2.75, 3.05) is 26.2 Å². The minimum absolute atomic E-state index is 0.0577. The van der Waals surface area contributed by atoms with Crippen molar-refractivity contribution in [3.63, 3.8) is 0 Å².